The minimum atomic E-state index is 0. The van der Waals surface area contributed by atoms with E-state index in [9.17, 15) is 0 Å². The van der Waals surface area contributed by atoms with Crippen LogP contribution in [-0.2, 0) is 0 Å². The van der Waals surface area contributed by atoms with E-state index in [0.29, 0.717) is 0 Å². The Morgan fingerprint density at radius 2 is 1.11 bits per heavy atom. The second-order valence-corrected chi connectivity index (χ2v) is 7.05. The lowest BCUT2D eigenvalue weighted by atomic mass is 9.95. The van der Waals surface area contributed by atoms with Crippen molar-refractivity contribution >= 4 is 13.5 Å². The molecule has 0 amide bonds. The molecule has 0 unspecified atom stereocenters. The van der Waals surface area contributed by atoms with E-state index in [-0.39, 0.29) is 13.5 Å². The normalized spacial score (nSPS) is 10.3. The van der Waals surface area contributed by atoms with Crippen LogP contribution in [0.1, 0.15) is 45.4 Å². The first-order valence-electron chi connectivity index (χ1n) is 10.3. The zero-order valence-electron chi connectivity index (χ0n) is 16.9. The Hall–Kier alpha value is -2.19. The van der Waals surface area contributed by atoms with Gasteiger partial charge in [0.15, 0.2) is 0 Å². The monoisotopic (exact) mass is 392 g/mol. The molecular weight excluding hydrogens is 360 g/mol. The summed E-state index contributed by atoms with van der Waals surface area (Å²) >= 11 is 0. The largest absolute Gasteiger partial charge is 0.494 e. The predicted octanol–water partition coefficient (Wildman–Crippen LogP) is 7.87. The van der Waals surface area contributed by atoms with Gasteiger partial charge in [-0.2, -0.15) is 13.5 Å². The van der Waals surface area contributed by atoms with Gasteiger partial charge in [-0.3, -0.25) is 0 Å². The Kier molecular flexibility index (Phi) is 9.71. The summed E-state index contributed by atoms with van der Waals surface area (Å²) in [6, 6.07) is 27.7. The van der Waals surface area contributed by atoms with Crippen molar-refractivity contribution in [1.29, 1.82) is 0 Å². The molecule has 0 radical (unpaired) electrons. The minimum Gasteiger partial charge on any atom is -0.494 e. The van der Waals surface area contributed by atoms with Crippen LogP contribution in [0.2, 0.25) is 0 Å². The summed E-state index contributed by atoms with van der Waals surface area (Å²) in [6.07, 6.45) is 7.74. The maximum Gasteiger partial charge on any atom is 0.119 e. The molecule has 28 heavy (non-hydrogen) atoms. The van der Waals surface area contributed by atoms with Gasteiger partial charge in [-0.1, -0.05) is 106 Å². The van der Waals surface area contributed by atoms with Gasteiger partial charge < -0.3 is 4.74 Å². The van der Waals surface area contributed by atoms with Gasteiger partial charge >= 0.3 is 0 Å². The van der Waals surface area contributed by atoms with Crippen LogP contribution in [0.3, 0.4) is 0 Å². The van der Waals surface area contributed by atoms with Gasteiger partial charge in [-0.25, -0.2) is 0 Å². The molecule has 0 atom stereocenters. The zero-order chi connectivity index (χ0) is 18.7. The van der Waals surface area contributed by atoms with Crippen LogP contribution in [0.5, 0.6) is 5.75 Å². The number of rotatable bonds is 10. The van der Waals surface area contributed by atoms with E-state index in [2.05, 4.69) is 85.8 Å². The second-order valence-electron chi connectivity index (χ2n) is 7.05. The van der Waals surface area contributed by atoms with Crippen molar-refractivity contribution in [3.05, 3.63) is 78.9 Å². The summed E-state index contributed by atoms with van der Waals surface area (Å²) in [4.78, 5) is 0. The molecule has 0 N–H and O–H groups in total. The number of unbranched alkanes of at least 4 members (excludes halogenated alkanes) is 5. The topological polar surface area (TPSA) is 9.23 Å². The highest BCUT2D eigenvalue weighted by Crippen LogP contribution is 2.32. The van der Waals surface area contributed by atoms with Crippen molar-refractivity contribution in [2.75, 3.05) is 6.61 Å². The number of benzene rings is 3. The molecule has 148 valence electrons. The molecule has 0 aliphatic carbocycles. The lowest BCUT2D eigenvalue weighted by Crippen LogP contribution is -1.97. The first-order chi connectivity index (χ1) is 13.4. The summed E-state index contributed by atoms with van der Waals surface area (Å²) < 4.78 is 5.92. The highest BCUT2D eigenvalue weighted by Gasteiger charge is 2.06. The highest BCUT2D eigenvalue weighted by molar-refractivity contribution is 7.59. The third kappa shape index (κ3) is 6.45. The Labute approximate surface area is 177 Å². The molecule has 0 aliphatic rings. The van der Waals surface area contributed by atoms with E-state index < -0.39 is 0 Å². The molecule has 3 rings (SSSR count). The molecule has 0 aliphatic heterocycles. The second kappa shape index (κ2) is 12.3. The minimum absolute atomic E-state index is 0. The molecule has 2 heteroatoms. The van der Waals surface area contributed by atoms with Crippen molar-refractivity contribution in [2.45, 2.75) is 45.4 Å². The predicted molar refractivity (Wildman–Crippen MR) is 127 cm³/mol. The molecule has 0 heterocycles. The highest BCUT2D eigenvalue weighted by atomic mass is 32.1. The fourth-order valence-electron chi connectivity index (χ4n) is 3.41. The Morgan fingerprint density at radius 1 is 0.571 bits per heavy atom. The van der Waals surface area contributed by atoms with Gasteiger partial charge in [0, 0.05) is 0 Å². The molecule has 3 aromatic carbocycles. The maximum atomic E-state index is 5.92. The van der Waals surface area contributed by atoms with E-state index in [1.54, 1.807) is 0 Å². The van der Waals surface area contributed by atoms with Gasteiger partial charge in [0.25, 0.3) is 0 Å². The van der Waals surface area contributed by atoms with Crippen molar-refractivity contribution in [3.8, 4) is 28.0 Å². The fraction of sp³-hybridized carbons (Fsp3) is 0.308. The van der Waals surface area contributed by atoms with Gasteiger partial charge in [0.2, 0.25) is 0 Å². The lowest BCUT2D eigenvalue weighted by Gasteiger charge is -2.11. The van der Waals surface area contributed by atoms with E-state index in [1.165, 1.54) is 54.4 Å². The van der Waals surface area contributed by atoms with Crippen LogP contribution in [0, 0.1) is 0 Å². The average molecular weight is 393 g/mol. The molecule has 0 saturated carbocycles. The molecular formula is C26H32OS. The van der Waals surface area contributed by atoms with Crippen LogP contribution in [0.25, 0.3) is 22.3 Å². The molecule has 0 fully saturated rings. The van der Waals surface area contributed by atoms with E-state index in [1.807, 2.05) is 0 Å². The van der Waals surface area contributed by atoms with E-state index in [4.69, 9.17) is 4.74 Å². The molecule has 0 bridgehead atoms. The number of hydrogen-bond donors (Lipinski definition) is 0. The van der Waals surface area contributed by atoms with Gasteiger partial charge in [0.05, 0.1) is 6.61 Å². The lowest BCUT2D eigenvalue weighted by molar-refractivity contribution is 0.304. The molecule has 0 aromatic heterocycles. The first-order valence-corrected chi connectivity index (χ1v) is 10.3. The summed E-state index contributed by atoms with van der Waals surface area (Å²) in [7, 11) is 0. The molecule has 0 saturated heterocycles. The third-order valence-electron chi connectivity index (χ3n) is 4.94. The summed E-state index contributed by atoms with van der Waals surface area (Å²) in [5, 5.41) is 0. The maximum absolute atomic E-state index is 5.92. The van der Waals surface area contributed by atoms with E-state index >= 15 is 0 Å². The molecule has 1 nitrogen and oxygen atoms in total. The smallest absolute Gasteiger partial charge is 0.119 e. The van der Waals surface area contributed by atoms with Crippen molar-refractivity contribution < 1.29 is 4.74 Å². The average Bonchev–Trinajstić information content (AvgIpc) is 2.74. The Balaban J connectivity index is 0.00000280. The Bertz CT molecular complexity index is 796. The van der Waals surface area contributed by atoms with Crippen LogP contribution in [0.4, 0.5) is 0 Å². The first kappa shape index (κ1) is 22.1. The third-order valence-corrected chi connectivity index (χ3v) is 4.94. The summed E-state index contributed by atoms with van der Waals surface area (Å²) in [5.74, 6) is 0.963. The summed E-state index contributed by atoms with van der Waals surface area (Å²) in [6.45, 7) is 3.07. The van der Waals surface area contributed by atoms with Crippen LogP contribution in [0.15, 0.2) is 78.9 Å². The van der Waals surface area contributed by atoms with Crippen LogP contribution in [-0.4, -0.2) is 6.61 Å². The van der Waals surface area contributed by atoms with Crippen molar-refractivity contribution in [3.63, 3.8) is 0 Å². The summed E-state index contributed by atoms with van der Waals surface area (Å²) in [5.41, 5.74) is 4.99. The van der Waals surface area contributed by atoms with E-state index in [0.717, 1.165) is 18.8 Å². The number of hydrogen-bond acceptors (Lipinski definition) is 1. The standard InChI is InChI=1S/C26H30O.H2S/c1-2-3-4-5-6-12-21-27-24-19-17-23(18-20-24)26-16-11-10-15-25(26)22-13-8-7-9-14-22;/h7-11,13-20H,2-6,12,21H2,1H3;1H2. The zero-order valence-corrected chi connectivity index (χ0v) is 17.9. The van der Waals surface area contributed by atoms with Gasteiger partial charge in [-0.05, 0) is 40.8 Å². The van der Waals surface area contributed by atoms with Gasteiger partial charge in [0.1, 0.15) is 5.75 Å². The van der Waals surface area contributed by atoms with Gasteiger partial charge in [-0.15, -0.1) is 0 Å². The van der Waals surface area contributed by atoms with Crippen molar-refractivity contribution in [1.82, 2.24) is 0 Å². The molecule has 0 spiro atoms. The van der Waals surface area contributed by atoms with Crippen molar-refractivity contribution in [2.24, 2.45) is 0 Å². The molecule has 3 aromatic rings. The van der Waals surface area contributed by atoms with Crippen LogP contribution >= 0.6 is 13.5 Å². The number of ether oxygens (including phenoxy) is 1. The Morgan fingerprint density at radius 3 is 1.75 bits per heavy atom. The SMILES string of the molecule is CCCCCCCCOc1ccc(-c2ccccc2-c2ccccc2)cc1.S. The van der Waals surface area contributed by atoms with Crippen LogP contribution < -0.4 is 4.74 Å². The fourth-order valence-corrected chi connectivity index (χ4v) is 3.41. The quantitative estimate of drug-likeness (QED) is 0.319.